The van der Waals surface area contributed by atoms with Crippen LogP contribution >= 0.6 is 11.3 Å². The second-order valence-electron chi connectivity index (χ2n) is 5.97. The van der Waals surface area contributed by atoms with Crippen molar-refractivity contribution in [2.24, 2.45) is 0 Å². The normalized spacial score (nSPS) is 21.8. The van der Waals surface area contributed by atoms with Gasteiger partial charge in [-0.2, -0.15) is 0 Å². The zero-order chi connectivity index (χ0) is 15.7. The molecule has 0 aliphatic carbocycles. The van der Waals surface area contributed by atoms with Gasteiger partial charge in [-0.05, 0) is 62.4 Å². The smallest absolute Gasteiger partial charge is 0.261 e. The summed E-state index contributed by atoms with van der Waals surface area (Å²) < 4.78 is 6.40. The van der Waals surface area contributed by atoms with Crippen molar-refractivity contribution in [1.82, 2.24) is 10.6 Å². The van der Waals surface area contributed by atoms with Crippen LogP contribution in [0.25, 0.3) is 10.1 Å². The minimum Gasteiger partial charge on any atom is -0.497 e. The highest BCUT2D eigenvalue weighted by Crippen LogP contribution is 2.33. The van der Waals surface area contributed by atoms with Gasteiger partial charge >= 0.3 is 0 Å². The first kappa shape index (κ1) is 15.3. The first-order valence-corrected chi connectivity index (χ1v) is 8.51. The number of hydrogen-bond donors (Lipinski definition) is 2. The lowest BCUT2D eigenvalue weighted by molar-refractivity contribution is 0.0929. The SMILES string of the molecule is COc1ccc2sc(C(=O)NC3CCNC(C)C3)c(C)c2c1. The summed E-state index contributed by atoms with van der Waals surface area (Å²) in [6.45, 7) is 5.14. The molecule has 2 unspecified atom stereocenters. The third kappa shape index (κ3) is 2.96. The number of amides is 1. The molecule has 2 aromatic rings. The lowest BCUT2D eigenvalue weighted by Gasteiger charge is -2.28. The molecular formula is C17H22N2O2S. The van der Waals surface area contributed by atoms with Gasteiger partial charge < -0.3 is 15.4 Å². The second kappa shape index (κ2) is 6.26. The molecule has 3 rings (SSSR count). The van der Waals surface area contributed by atoms with E-state index >= 15 is 0 Å². The molecule has 1 fully saturated rings. The molecule has 1 amide bonds. The van der Waals surface area contributed by atoms with Gasteiger partial charge in [-0.1, -0.05) is 0 Å². The van der Waals surface area contributed by atoms with E-state index in [-0.39, 0.29) is 11.9 Å². The minimum atomic E-state index is 0.0526. The van der Waals surface area contributed by atoms with Gasteiger partial charge in [0.2, 0.25) is 0 Å². The van der Waals surface area contributed by atoms with E-state index in [0.717, 1.165) is 45.7 Å². The molecule has 0 bridgehead atoms. The Labute approximate surface area is 134 Å². The summed E-state index contributed by atoms with van der Waals surface area (Å²) in [6.07, 6.45) is 1.98. The second-order valence-corrected chi connectivity index (χ2v) is 7.02. The Balaban J connectivity index is 1.83. The monoisotopic (exact) mass is 318 g/mol. The number of benzene rings is 1. The van der Waals surface area contributed by atoms with E-state index in [4.69, 9.17) is 4.74 Å². The molecule has 1 aliphatic heterocycles. The van der Waals surface area contributed by atoms with Crippen molar-refractivity contribution < 1.29 is 9.53 Å². The Kier molecular flexibility index (Phi) is 4.36. The summed E-state index contributed by atoms with van der Waals surface area (Å²) in [5.74, 6) is 0.879. The van der Waals surface area contributed by atoms with Crippen molar-refractivity contribution in [3.63, 3.8) is 0 Å². The maximum absolute atomic E-state index is 12.6. The Morgan fingerprint density at radius 2 is 2.27 bits per heavy atom. The number of ether oxygens (including phenoxy) is 1. The Morgan fingerprint density at radius 3 is 3.00 bits per heavy atom. The number of methoxy groups -OCH3 is 1. The van der Waals surface area contributed by atoms with Gasteiger partial charge in [-0.15, -0.1) is 11.3 Å². The van der Waals surface area contributed by atoms with Gasteiger partial charge in [0.15, 0.2) is 0 Å². The number of carbonyl (C=O) groups is 1. The summed E-state index contributed by atoms with van der Waals surface area (Å²) in [7, 11) is 1.66. The molecule has 0 radical (unpaired) electrons. The molecule has 0 spiro atoms. The highest BCUT2D eigenvalue weighted by Gasteiger charge is 2.22. The quantitative estimate of drug-likeness (QED) is 0.914. The molecule has 1 aliphatic rings. The standard InChI is InChI=1S/C17H22N2O2S/c1-10-8-12(6-7-18-10)19-17(20)16-11(2)14-9-13(21-3)4-5-15(14)22-16/h4-5,9-10,12,18H,6-8H2,1-3H3,(H,19,20). The van der Waals surface area contributed by atoms with E-state index in [2.05, 4.69) is 17.6 Å². The minimum absolute atomic E-state index is 0.0526. The highest BCUT2D eigenvalue weighted by molar-refractivity contribution is 7.21. The zero-order valence-electron chi connectivity index (χ0n) is 13.2. The van der Waals surface area contributed by atoms with Crippen LogP contribution in [0.3, 0.4) is 0 Å². The number of carbonyl (C=O) groups excluding carboxylic acids is 1. The average molecular weight is 318 g/mol. The summed E-state index contributed by atoms with van der Waals surface area (Å²) in [5, 5.41) is 7.71. The van der Waals surface area contributed by atoms with Gasteiger partial charge in [0.1, 0.15) is 5.75 Å². The third-order valence-electron chi connectivity index (χ3n) is 4.31. The van der Waals surface area contributed by atoms with Crippen molar-refractivity contribution in [3.05, 3.63) is 28.6 Å². The maximum Gasteiger partial charge on any atom is 0.261 e. The molecule has 0 saturated carbocycles. The molecule has 2 heterocycles. The van der Waals surface area contributed by atoms with Crippen LogP contribution in [0.4, 0.5) is 0 Å². The van der Waals surface area contributed by atoms with Crippen LogP contribution in [0, 0.1) is 6.92 Å². The average Bonchev–Trinajstić information content (AvgIpc) is 2.84. The fraction of sp³-hybridized carbons (Fsp3) is 0.471. The molecular weight excluding hydrogens is 296 g/mol. The predicted octanol–water partition coefficient (Wildman–Crippen LogP) is 3.09. The van der Waals surface area contributed by atoms with Crippen LogP contribution < -0.4 is 15.4 Å². The molecule has 1 saturated heterocycles. The summed E-state index contributed by atoms with van der Waals surface area (Å²) in [5.41, 5.74) is 1.04. The van der Waals surface area contributed by atoms with Crippen LogP contribution in [0.15, 0.2) is 18.2 Å². The Bertz CT molecular complexity index is 695. The summed E-state index contributed by atoms with van der Waals surface area (Å²) in [6, 6.07) is 6.70. The predicted molar refractivity (Wildman–Crippen MR) is 91.1 cm³/mol. The van der Waals surface area contributed by atoms with Crippen molar-refractivity contribution in [2.75, 3.05) is 13.7 Å². The van der Waals surface area contributed by atoms with Crippen molar-refractivity contribution in [1.29, 1.82) is 0 Å². The number of aryl methyl sites for hydroxylation is 1. The van der Waals surface area contributed by atoms with E-state index in [1.54, 1.807) is 18.4 Å². The highest BCUT2D eigenvalue weighted by atomic mass is 32.1. The summed E-state index contributed by atoms with van der Waals surface area (Å²) >= 11 is 1.56. The van der Waals surface area contributed by atoms with Crippen LogP contribution in [-0.4, -0.2) is 31.6 Å². The lowest BCUT2D eigenvalue weighted by atomic mass is 10.0. The number of nitrogens with one attached hydrogen (secondary N) is 2. The molecule has 2 atom stereocenters. The van der Waals surface area contributed by atoms with Crippen molar-refractivity contribution >= 4 is 27.3 Å². The van der Waals surface area contributed by atoms with E-state index in [1.807, 2.05) is 25.1 Å². The van der Waals surface area contributed by atoms with Gasteiger partial charge in [0.05, 0.1) is 12.0 Å². The summed E-state index contributed by atoms with van der Waals surface area (Å²) in [4.78, 5) is 13.4. The first-order chi connectivity index (χ1) is 10.6. The molecule has 4 nitrogen and oxygen atoms in total. The molecule has 1 aromatic heterocycles. The zero-order valence-corrected chi connectivity index (χ0v) is 14.0. The molecule has 1 aromatic carbocycles. The first-order valence-electron chi connectivity index (χ1n) is 7.70. The van der Waals surface area contributed by atoms with E-state index in [9.17, 15) is 4.79 Å². The van der Waals surface area contributed by atoms with Crippen LogP contribution in [0.1, 0.15) is 35.0 Å². The van der Waals surface area contributed by atoms with E-state index in [1.165, 1.54) is 0 Å². The number of rotatable bonds is 3. The van der Waals surface area contributed by atoms with E-state index < -0.39 is 0 Å². The van der Waals surface area contributed by atoms with E-state index in [0.29, 0.717) is 6.04 Å². The van der Waals surface area contributed by atoms with Gasteiger partial charge in [0, 0.05) is 16.8 Å². The van der Waals surface area contributed by atoms with Gasteiger partial charge in [0.25, 0.3) is 5.91 Å². The molecule has 22 heavy (non-hydrogen) atoms. The fourth-order valence-corrected chi connectivity index (χ4v) is 4.15. The number of hydrogen-bond acceptors (Lipinski definition) is 4. The number of fused-ring (bicyclic) bond motifs is 1. The van der Waals surface area contributed by atoms with Crippen LogP contribution in [0.5, 0.6) is 5.75 Å². The topological polar surface area (TPSA) is 50.4 Å². The number of piperidine rings is 1. The van der Waals surface area contributed by atoms with Crippen LogP contribution in [-0.2, 0) is 0 Å². The Morgan fingerprint density at radius 1 is 1.45 bits per heavy atom. The van der Waals surface area contributed by atoms with Crippen molar-refractivity contribution in [3.8, 4) is 5.75 Å². The molecule has 118 valence electrons. The van der Waals surface area contributed by atoms with Gasteiger partial charge in [-0.3, -0.25) is 4.79 Å². The van der Waals surface area contributed by atoms with Crippen LogP contribution in [0.2, 0.25) is 0 Å². The molecule has 2 N–H and O–H groups in total. The third-order valence-corrected chi connectivity index (χ3v) is 5.58. The maximum atomic E-state index is 12.6. The fourth-order valence-electron chi connectivity index (χ4n) is 3.06. The van der Waals surface area contributed by atoms with Crippen molar-refractivity contribution in [2.45, 2.75) is 38.8 Å². The Hall–Kier alpha value is -1.59. The largest absolute Gasteiger partial charge is 0.497 e. The lowest BCUT2D eigenvalue weighted by Crippen LogP contribution is -2.46. The molecule has 5 heteroatoms. The van der Waals surface area contributed by atoms with Gasteiger partial charge in [-0.25, -0.2) is 0 Å². The number of thiophene rings is 1.